The quantitative estimate of drug-likeness (QED) is 0.209. The molecule has 0 aliphatic carbocycles. The highest BCUT2D eigenvalue weighted by Gasteiger charge is 2.24. The van der Waals surface area contributed by atoms with Crippen LogP contribution in [0.3, 0.4) is 0 Å². The van der Waals surface area contributed by atoms with Gasteiger partial charge in [-0.2, -0.15) is 0 Å². The summed E-state index contributed by atoms with van der Waals surface area (Å²) >= 11 is 12.3. The van der Waals surface area contributed by atoms with Crippen molar-refractivity contribution < 1.29 is 8.42 Å². The first-order valence-corrected chi connectivity index (χ1v) is 14.2. The van der Waals surface area contributed by atoms with E-state index in [0.717, 1.165) is 17.5 Å². The lowest BCUT2D eigenvalue weighted by atomic mass is 10.1. The van der Waals surface area contributed by atoms with Gasteiger partial charge in [-0.25, -0.2) is 18.4 Å². The van der Waals surface area contributed by atoms with Gasteiger partial charge in [0.1, 0.15) is 4.90 Å². The highest BCUT2D eigenvalue weighted by atomic mass is 35.5. The molecule has 0 bridgehead atoms. The number of halogens is 2. The minimum atomic E-state index is -4.13. The van der Waals surface area contributed by atoms with E-state index in [1.165, 1.54) is 18.2 Å². The topological polar surface area (TPSA) is 75.2 Å². The number of hydrogen-bond acceptors (Lipinski definition) is 5. The summed E-state index contributed by atoms with van der Waals surface area (Å²) in [6.45, 7) is 1.09. The Morgan fingerprint density at radius 3 is 2.03 bits per heavy atom. The number of benzene rings is 4. The Hall–Kier alpha value is -3.65. The maximum absolute atomic E-state index is 13.5. The van der Waals surface area contributed by atoms with E-state index in [0.29, 0.717) is 29.9 Å². The van der Waals surface area contributed by atoms with E-state index < -0.39 is 10.0 Å². The third-order valence-corrected chi connectivity index (χ3v) is 8.05. The van der Waals surface area contributed by atoms with Crippen LogP contribution in [0.15, 0.2) is 108 Å². The average molecular weight is 564 g/mol. The Balaban J connectivity index is 1.60. The van der Waals surface area contributed by atoms with Crippen LogP contribution in [-0.2, 0) is 23.0 Å². The van der Waals surface area contributed by atoms with Crippen molar-refractivity contribution in [2.75, 3.05) is 16.2 Å². The van der Waals surface area contributed by atoms with E-state index in [1.54, 1.807) is 6.07 Å². The molecular weight excluding hydrogens is 539 g/mol. The minimum Gasteiger partial charge on any atom is -0.349 e. The largest absolute Gasteiger partial charge is 0.349 e. The number of sulfonamides is 1. The monoisotopic (exact) mass is 562 g/mol. The molecule has 0 radical (unpaired) electrons. The van der Waals surface area contributed by atoms with Gasteiger partial charge in [-0.1, -0.05) is 96.0 Å². The SMILES string of the molecule is O=S(=O)(Nc1nc2ccccc2nc1N(CCc1ccccc1)Cc1ccccc1)c1cc(Cl)ccc1Cl. The van der Waals surface area contributed by atoms with Crippen LogP contribution in [0.1, 0.15) is 11.1 Å². The molecule has 1 aromatic heterocycles. The third-order valence-electron chi connectivity index (χ3n) is 5.99. The molecular formula is C29H24Cl2N4O2S. The number of hydrogen-bond donors (Lipinski definition) is 1. The summed E-state index contributed by atoms with van der Waals surface area (Å²) in [6.07, 6.45) is 0.731. The highest BCUT2D eigenvalue weighted by molar-refractivity contribution is 7.92. The second kappa shape index (κ2) is 11.4. The van der Waals surface area contributed by atoms with Crippen molar-refractivity contribution in [3.05, 3.63) is 124 Å². The van der Waals surface area contributed by atoms with Crippen LogP contribution >= 0.6 is 23.2 Å². The highest BCUT2D eigenvalue weighted by Crippen LogP contribution is 2.31. The van der Waals surface area contributed by atoms with E-state index in [4.69, 9.17) is 28.2 Å². The van der Waals surface area contributed by atoms with E-state index in [1.807, 2.05) is 71.6 Å². The summed E-state index contributed by atoms with van der Waals surface area (Å²) in [7, 11) is -4.13. The summed E-state index contributed by atoms with van der Waals surface area (Å²) < 4.78 is 29.6. The first-order valence-electron chi connectivity index (χ1n) is 12.0. The Labute approximate surface area is 231 Å². The van der Waals surface area contributed by atoms with E-state index in [-0.39, 0.29) is 20.8 Å². The molecule has 0 atom stereocenters. The predicted octanol–water partition coefficient (Wildman–Crippen LogP) is 6.99. The lowest BCUT2D eigenvalue weighted by molar-refractivity contribution is 0.601. The maximum Gasteiger partial charge on any atom is 0.264 e. The first kappa shape index (κ1) is 26.0. The molecule has 5 rings (SSSR count). The molecule has 0 amide bonds. The molecule has 5 aromatic rings. The fourth-order valence-electron chi connectivity index (χ4n) is 4.12. The second-order valence-electron chi connectivity index (χ2n) is 8.71. The van der Waals surface area contributed by atoms with Gasteiger partial charge in [-0.05, 0) is 47.9 Å². The van der Waals surface area contributed by atoms with Crippen LogP contribution in [0.4, 0.5) is 11.6 Å². The smallest absolute Gasteiger partial charge is 0.264 e. The molecule has 6 nitrogen and oxygen atoms in total. The molecule has 192 valence electrons. The third kappa shape index (κ3) is 6.07. The van der Waals surface area contributed by atoms with Crippen LogP contribution in [0.25, 0.3) is 11.0 Å². The number of fused-ring (bicyclic) bond motifs is 1. The molecule has 0 saturated carbocycles. The van der Waals surface area contributed by atoms with Gasteiger partial charge < -0.3 is 4.90 Å². The minimum absolute atomic E-state index is 0.0578. The molecule has 0 unspecified atom stereocenters. The predicted molar refractivity (Wildman–Crippen MR) is 154 cm³/mol. The Kier molecular flexibility index (Phi) is 7.79. The number of anilines is 2. The van der Waals surface area contributed by atoms with Gasteiger partial charge in [-0.3, -0.25) is 4.72 Å². The standard InChI is InChI=1S/C29H24Cl2N4O2S/c30-23-15-16-24(31)27(19-23)38(36,37)34-28-29(33-26-14-8-7-13-25(26)32-28)35(20-22-11-5-2-6-12-22)18-17-21-9-3-1-4-10-21/h1-16,19H,17-18,20H2,(H,32,34). The van der Waals surface area contributed by atoms with Crippen molar-refractivity contribution in [1.82, 2.24) is 9.97 Å². The molecule has 0 aliphatic heterocycles. The van der Waals surface area contributed by atoms with Crippen molar-refractivity contribution in [2.45, 2.75) is 17.9 Å². The number of para-hydroxylation sites is 2. The van der Waals surface area contributed by atoms with Gasteiger partial charge in [0.2, 0.25) is 0 Å². The van der Waals surface area contributed by atoms with Crippen molar-refractivity contribution in [3.63, 3.8) is 0 Å². The molecule has 0 spiro atoms. The average Bonchev–Trinajstić information content (AvgIpc) is 2.93. The second-order valence-corrected chi connectivity index (χ2v) is 11.2. The zero-order valence-electron chi connectivity index (χ0n) is 20.3. The molecule has 4 aromatic carbocycles. The Morgan fingerprint density at radius 2 is 1.34 bits per heavy atom. The zero-order chi connectivity index (χ0) is 26.5. The van der Waals surface area contributed by atoms with Crippen molar-refractivity contribution in [1.29, 1.82) is 0 Å². The van der Waals surface area contributed by atoms with Gasteiger partial charge in [0, 0.05) is 18.1 Å². The normalized spacial score (nSPS) is 11.4. The van der Waals surface area contributed by atoms with E-state index >= 15 is 0 Å². The summed E-state index contributed by atoms with van der Waals surface area (Å²) in [5.41, 5.74) is 3.44. The van der Waals surface area contributed by atoms with E-state index in [9.17, 15) is 8.42 Å². The van der Waals surface area contributed by atoms with Crippen molar-refractivity contribution >= 4 is 55.9 Å². The summed E-state index contributed by atoms with van der Waals surface area (Å²) in [5.74, 6) is 0.536. The number of rotatable bonds is 9. The zero-order valence-corrected chi connectivity index (χ0v) is 22.6. The summed E-state index contributed by atoms with van der Waals surface area (Å²) in [4.78, 5) is 11.5. The fourth-order valence-corrected chi connectivity index (χ4v) is 5.88. The van der Waals surface area contributed by atoms with Gasteiger partial charge in [0.15, 0.2) is 11.6 Å². The summed E-state index contributed by atoms with van der Waals surface area (Å²) in [6, 6.07) is 31.7. The molecule has 1 N–H and O–H groups in total. The fraction of sp³-hybridized carbons (Fsp3) is 0.103. The molecule has 0 aliphatic rings. The van der Waals surface area contributed by atoms with Gasteiger partial charge in [0.05, 0.1) is 16.1 Å². The molecule has 1 heterocycles. The van der Waals surface area contributed by atoms with Crippen LogP contribution < -0.4 is 9.62 Å². The number of nitrogens with zero attached hydrogens (tertiary/aromatic N) is 3. The maximum atomic E-state index is 13.5. The summed E-state index contributed by atoms with van der Waals surface area (Å²) in [5, 5.41) is 0.315. The molecule has 0 saturated heterocycles. The van der Waals surface area contributed by atoms with Crippen molar-refractivity contribution in [3.8, 4) is 0 Å². The molecule has 38 heavy (non-hydrogen) atoms. The van der Waals surface area contributed by atoms with Crippen LogP contribution in [0, 0.1) is 0 Å². The molecule has 0 fully saturated rings. The van der Waals surface area contributed by atoms with Gasteiger partial charge in [-0.15, -0.1) is 0 Å². The Bertz CT molecular complexity index is 1670. The van der Waals surface area contributed by atoms with Gasteiger partial charge >= 0.3 is 0 Å². The first-order chi connectivity index (χ1) is 18.4. The number of aromatic nitrogens is 2. The lowest BCUT2D eigenvalue weighted by Gasteiger charge is -2.26. The molecule has 9 heteroatoms. The van der Waals surface area contributed by atoms with Crippen LogP contribution in [0.5, 0.6) is 0 Å². The van der Waals surface area contributed by atoms with Gasteiger partial charge in [0.25, 0.3) is 10.0 Å². The van der Waals surface area contributed by atoms with E-state index in [2.05, 4.69) is 21.8 Å². The lowest BCUT2D eigenvalue weighted by Crippen LogP contribution is -2.28. The van der Waals surface area contributed by atoms with Crippen LogP contribution in [-0.4, -0.2) is 24.9 Å². The Morgan fingerprint density at radius 1 is 0.737 bits per heavy atom. The number of nitrogens with one attached hydrogen (secondary N) is 1. The van der Waals surface area contributed by atoms with Crippen molar-refractivity contribution in [2.24, 2.45) is 0 Å². The van der Waals surface area contributed by atoms with Crippen LogP contribution in [0.2, 0.25) is 10.0 Å².